The molecule has 0 unspecified atom stereocenters. The summed E-state index contributed by atoms with van der Waals surface area (Å²) in [6.45, 7) is -0.328. The van der Waals surface area contributed by atoms with Gasteiger partial charge >= 0.3 is 12.4 Å². The van der Waals surface area contributed by atoms with E-state index in [4.69, 9.17) is 16.3 Å². The van der Waals surface area contributed by atoms with Crippen molar-refractivity contribution in [3.05, 3.63) is 190 Å². The first kappa shape index (κ1) is 45.8. The van der Waals surface area contributed by atoms with Crippen molar-refractivity contribution in [2.24, 2.45) is 0 Å². The van der Waals surface area contributed by atoms with E-state index in [1.807, 2.05) is 78.9 Å². The van der Waals surface area contributed by atoms with Crippen LogP contribution in [0.15, 0.2) is 152 Å². The lowest BCUT2D eigenvalue weighted by atomic mass is 10.1. The van der Waals surface area contributed by atoms with Gasteiger partial charge in [0.25, 0.3) is 0 Å². The van der Waals surface area contributed by atoms with Gasteiger partial charge in [-0.05, 0) is 101 Å². The Morgan fingerprint density at radius 2 is 0.823 bits per heavy atom. The summed E-state index contributed by atoms with van der Waals surface area (Å²) >= 11 is 5.99. The van der Waals surface area contributed by atoms with E-state index >= 15 is 0 Å². The summed E-state index contributed by atoms with van der Waals surface area (Å²) in [7, 11) is 3.69. The second-order valence-corrected chi connectivity index (χ2v) is 15.7. The summed E-state index contributed by atoms with van der Waals surface area (Å²) in [6, 6.07) is 46.0. The molecule has 7 nitrogen and oxygen atoms in total. The van der Waals surface area contributed by atoms with Crippen LogP contribution in [-0.4, -0.2) is 54.3 Å². The van der Waals surface area contributed by atoms with Crippen LogP contribution in [0.3, 0.4) is 0 Å². The van der Waals surface area contributed by atoms with E-state index in [0.717, 1.165) is 34.7 Å². The second-order valence-electron chi connectivity index (χ2n) is 15.3. The highest BCUT2D eigenvalue weighted by molar-refractivity contribution is 6.30. The Morgan fingerprint density at radius 3 is 1.23 bits per heavy atom. The summed E-state index contributed by atoms with van der Waals surface area (Å²) in [4.78, 5) is 4.90. The van der Waals surface area contributed by atoms with Crippen LogP contribution < -0.4 is 20.7 Å². The highest BCUT2D eigenvalue weighted by Crippen LogP contribution is 2.26. The smallest absolute Gasteiger partial charge is 0.401 e. The predicted octanol–water partition coefficient (Wildman–Crippen LogP) is 12.0. The Hall–Kier alpha value is -5.73. The zero-order chi connectivity index (χ0) is 44.1. The minimum atomic E-state index is -4.39. The molecule has 14 heteroatoms. The van der Waals surface area contributed by atoms with Crippen molar-refractivity contribution in [2.75, 3.05) is 43.2 Å². The summed E-state index contributed by atoms with van der Waals surface area (Å²) in [5.41, 5.74) is 13.9. The van der Waals surface area contributed by atoms with Gasteiger partial charge in [-0.15, -0.1) is 0 Å². The SMILES string of the molecule is COc1ccc(CN(C)Cc2ccc(NN(Nc3ccc(CN(Cc4ccc(Cl)cc4)CC(F)(F)F)cc3)c3ccc(CN(Cc4ccccc4)CC(F)(F)F)cc3)cc2)cc1. The van der Waals surface area contributed by atoms with Gasteiger partial charge in [-0.2, -0.15) is 31.5 Å². The number of hydrazine groups is 2. The van der Waals surface area contributed by atoms with Gasteiger partial charge in [0.15, 0.2) is 0 Å². The van der Waals surface area contributed by atoms with E-state index in [1.165, 1.54) is 9.80 Å². The van der Waals surface area contributed by atoms with Gasteiger partial charge in [0.2, 0.25) is 0 Å². The van der Waals surface area contributed by atoms with E-state index in [2.05, 4.69) is 22.8 Å². The molecule has 6 aromatic carbocycles. The quantitative estimate of drug-likeness (QED) is 0.0585. The molecule has 0 spiro atoms. The third-order valence-electron chi connectivity index (χ3n) is 9.83. The maximum absolute atomic E-state index is 13.6. The number of ether oxygens (including phenoxy) is 1. The molecule has 2 N–H and O–H groups in total. The maximum atomic E-state index is 13.6. The Balaban J connectivity index is 1.18. The normalized spacial score (nSPS) is 11.9. The van der Waals surface area contributed by atoms with E-state index in [-0.39, 0.29) is 26.2 Å². The van der Waals surface area contributed by atoms with Crippen LogP contribution >= 0.6 is 11.6 Å². The van der Waals surface area contributed by atoms with Gasteiger partial charge in [0.1, 0.15) is 5.75 Å². The number of methoxy groups -OCH3 is 1. The standard InChI is InChI=1S/C48H49ClF6N6O/c1-58(29-38-16-26-46(62-2)27-17-38)28-37-10-20-43(21-11-37)56-61(45-24-14-41(15-25-45)33-59(34-47(50,51)52)30-36-6-4-3-5-7-36)57-44-22-12-40(13-23-44)32-60(35-48(53,54)55)31-39-8-18-42(49)19-9-39/h3-27,56-57H,28-35H2,1-2H3. The molecule has 0 heterocycles. The zero-order valence-electron chi connectivity index (χ0n) is 34.4. The van der Waals surface area contributed by atoms with Crippen LogP contribution in [0.4, 0.5) is 43.4 Å². The summed E-state index contributed by atoms with van der Waals surface area (Å²) in [5, 5.41) is 2.20. The Morgan fingerprint density at radius 1 is 0.468 bits per heavy atom. The third-order valence-corrected chi connectivity index (χ3v) is 10.1. The number of hydrogen-bond donors (Lipinski definition) is 2. The van der Waals surface area contributed by atoms with Crippen molar-refractivity contribution in [3.8, 4) is 5.75 Å². The van der Waals surface area contributed by atoms with Gasteiger partial charge in [0, 0.05) is 44.3 Å². The van der Waals surface area contributed by atoms with Gasteiger partial charge in [-0.3, -0.25) is 25.6 Å². The van der Waals surface area contributed by atoms with Crippen LogP contribution in [0, 0.1) is 0 Å². The van der Waals surface area contributed by atoms with Crippen molar-refractivity contribution in [1.29, 1.82) is 0 Å². The fourth-order valence-corrected chi connectivity index (χ4v) is 7.12. The first-order valence-corrected chi connectivity index (χ1v) is 20.3. The molecular weight excluding hydrogens is 826 g/mol. The number of nitrogens with zero attached hydrogens (tertiary/aromatic N) is 4. The first-order valence-electron chi connectivity index (χ1n) is 19.9. The van der Waals surface area contributed by atoms with Crippen LogP contribution in [0.2, 0.25) is 5.02 Å². The average molecular weight is 875 g/mol. The molecule has 0 amide bonds. The molecule has 0 radical (unpaired) electrons. The summed E-state index contributed by atoms with van der Waals surface area (Å²) in [5.74, 6) is 0.805. The topological polar surface area (TPSA) is 46.3 Å². The van der Waals surface area contributed by atoms with Crippen molar-refractivity contribution in [2.45, 2.75) is 51.6 Å². The molecule has 6 aromatic rings. The average Bonchev–Trinajstić information content (AvgIpc) is 3.22. The number of anilines is 3. The highest BCUT2D eigenvalue weighted by atomic mass is 35.5. The van der Waals surface area contributed by atoms with Gasteiger partial charge in [0.05, 0.1) is 37.3 Å². The fraction of sp³-hybridized carbons (Fsp3) is 0.250. The largest absolute Gasteiger partial charge is 0.497 e. The molecule has 326 valence electrons. The third kappa shape index (κ3) is 15.3. The Labute approximate surface area is 364 Å². The van der Waals surface area contributed by atoms with E-state index in [1.54, 1.807) is 85.0 Å². The van der Waals surface area contributed by atoms with Crippen molar-refractivity contribution >= 4 is 28.7 Å². The van der Waals surface area contributed by atoms with Crippen LogP contribution in [0.5, 0.6) is 5.75 Å². The minimum absolute atomic E-state index is 0.0586. The molecule has 62 heavy (non-hydrogen) atoms. The van der Waals surface area contributed by atoms with Gasteiger partial charge in [-0.1, -0.05) is 103 Å². The van der Waals surface area contributed by atoms with Crippen molar-refractivity contribution < 1.29 is 31.1 Å². The lowest BCUT2D eigenvalue weighted by molar-refractivity contribution is -0.149. The van der Waals surface area contributed by atoms with E-state index in [0.29, 0.717) is 39.6 Å². The second kappa shape index (κ2) is 21.4. The summed E-state index contributed by atoms with van der Waals surface area (Å²) in [6.07, 6.45) is -8.76. The minimum Gasteiger partial charge on any atom is -0.497 e. The molecule has 0 aromatic heterocycles. The molecule has 6 rings (SSSR count). The molecular formula is C48H49ClF6N6O. The predicted molar refractivity (Wildman–Crippen MR) is 235 cm³/mol. The molecule has 0 aliphatic heterocycles. The molecule has 0 fully saturated rings. The number of rotatable bonds is 20. The lowest BCUT2D eigenvalue weighted by Crippen LogP contribution is -2.36. The molecule has 0 bridgehead atoms. The van der Waals surface area contributed by atoms with Crippen LogP contribution in [-0.2, 0) is 39.3 Å². The van der Waals surface area contributed by atoms with Gasteiger partial charge < -0.3 is 4.74 Å². The molecule has 0 aliphatic carbocycles. The van der Waals surface area contributed by atoms with E-state index < -0.39 is 25.4 Å². The van der Waals surface area contributed by atoms with Crippen LogP contribution in [0.25, 0.3) is 0 Å². The molecule has 0 atom stereocenters. The van der Waals surface area contributed by atoms with Crippen molar-refractivity contribution in [1.82, 2.24) is 14.7 Å². The molecule has 0 aliphatic rings. The van der Waals surface area contributed by atoms with Crippen molar-refractivity contribution in [3.63, 3.8) is 0 Å². The fourth-order valence-electron chi connectivity index (χ4n) is 6.99. The number of benzene rings is 6. The first-order chi connectivity index (χ1) is 29.6. The molecule has 0 saturated heterocycles. The zero-order valence-corrected chi connectivity index (χ0v) is 35.2. The Bertz CT molecular complexity index is 2240. The molecule has 0 saturated carbocycles. The van der Waals surface area contributed by atoms with Gasteiger partial charge in [-0.25, -0.2) is 0 Å². The highest BCUT2D eigenvalue weighted by Gasteiger charge is 2.32. The monoisotopic (exact) mass is 874 g/mol. The number of hydrogen-bond acceptors (Lipinski definition) is 7. The Kier molecular flexibility index (Phi) is 15.8. The number of alkyl halides is 6. The summed E-state index contributed by atoms with van der Waals surface area (Å²) < 4.78 is 87.0. The van der Waals surface area contributed by atoms with Crippen LogP contribution in [0.1, 0.15) is 33.4 Å². The maximum Gasteiger partial charge on any atom is 0.401 e. The number of nitrogens with one attached hydrogen (secondary N) is 2. The lowest BCUT2D eigenvalue weighted by Gasteiger charge is -2.29. The van der Waals surface area contributed by atoms with E-state index in [9.17, 15) is 26.3 Å². The number of halogens is 7.